The molecule has 1 fully saturated rings. The maximum absolute atomic E-state index is 12.8. The largest absolute Gasteiger partial charge is 0.376 e. The molecule has 0 bridgehead atoms. The zero-order chi connectivity index (χ0) is 18.7. The van der Waals surface area contributed by atoms with Gasteiger partial charge in [-0.25, -0.2) is 4.68 Å². The molecule has 2 heterocycles. The molecule has 26 heavy (non-hydrogen) atoms. The summed E-state index contributed by atoms with van der Waals surface area (Å²) in [7, 11) is 0. The molecule has 1 aliphatic rings. The molecule has 0 spiro atoms. The number of tetrazole rings is 1. The van der Waals surface area contributed by atoms with Gasteiger partial charge in [-0.2, -0.15) is 0 Å². The molecule has 7 heteroatoms. The molecular formula is C19H26N4O2S. The summed E-state index contributed by atoms with van der Waals surface area (Å²) in [6.07, 6.45) is 2.27. The number of carbonyl (C=O) groups excluding carboxylic acids is 1. The van der Waals surface area contributed by atoms with Crippen LogP contribution < -0.4 is 0 Å². The smallest absolute Gasteiger partial charge is 0.210 e. The van der Waals surface area contributed by atoms with Gasteiger partial charge in [0.1, 0.15) is 0 Å². The average molecular weight is 375 g/mol. The third kappa shape index (κ3) is 4.51. The highest BCUT2D eigenvalue weighted by molar-refractivity contribution is 8.00. The summed E-state index contributed by atoms with van der Waals surface area (Å²) >= 11 is 1.39. The van der Waals surface area contributed by atoms with Crippen molar-refractivity contribution in [1.82, 2.24) is 20.2 Å². The minimum absolute atomic E-state index is 0.0757. The molecule has 1 aromatic heterocycles. The van der Waals surface area contributed by atoms with E-state index in [0.29, 0.717) is 11.7 Å². The van der Waals surface area contributed by atoms with E-state index in [4.69, 9.17) is 4.74 Å². The van der Waals surface area contributed by atoms with Gasteiger partial charge in [0.2, 0.25) is 5.16 Å². The van der Waals surface area contributed by atoms with Gasteiger partial charge in [0.15, 0.2) is 5.78 Å². The van der Waals surface area contributed by atoms with Crippen molar-refractivity contribution in [2.75, 3.05) is 6.61 Å². The van der Waals surface area contributed by atoms with Crippen molar-refractivity contribution < 1.29 is 9.53 Å². The number of thioether (sulfide) groups is 1. The maximum atomic E-state index is 12.8. The number of benzene rings is 1. The minimum atomic E-state index is -0.260. The summed E-state index contributed by atoms with van der Waals surface area (Å²) in [5.74, 6) is 0.0853. The molecule has 2 aromatic rings. The summed E-state index contributed by atoms with van der Waals surface area (Å²) in [5.41, 5.74) is 2.01. The Balaban J connectivity index is 1.65. The number of Topliss-reactive ketones (excluding diaryl/α,β-unsaturated/α-hetero) is 1. The van der Waals surface area contributed by atoms with Gasteiger partial charge in [0.05, 0.1) is 17.9 Å². The maximum Gasteiger partial charge on any atom is 0.210 e. The number of hydrogen-bond donors (Lipinski definition) is 0. The average Bonchev–Trinajstić information content (AvgIpc) is 3.26. The fourth-order valence-corrected chi connectivity index (χ4v) is 3.83. The molecule has 1 aliphatic heterocycles. The Morgan fingerprint density at radius 1 is 1.35 bits per heavy atom. The van der Waals surface area contributed by atoms with Crippen LogP contribution in [0.1, 0.15) is 56.5 Å². The van der Waals surface area contributed by atoms with Gasteiger partial charge in [-0.3, -0.25) is 4.79 Å². The second kappa shape index (κ2) is 7.88. The number of ether oxygens (including phenoxy) is 1. The van der Waals surface area contributed by atoms with E-state index in [-0.39, 0.29) is 22.6 Å². The minimum Gasteiger partial charge on any atom is -0.376 e. The van der Waals surface area contributed by atoms with Crippen LogP contribution in [0.5, 0.6) is 0 Å². The first kappa shape index (κ1) is 19.0. The third-order valence-electron chi connectivity index (χ3n) is 4.59. The molecule has 1 saturated heterocycles. The Kier molecular flexibility index (Phi) is 5.77. The second-order valence-electron chi connectivity index (χ2n) is 7.73. The molecule has 3 rings (SSSR count). The Labute approximate surface area is 158 Å². The fraction of sp³-hybridized carbons (Fsp3) is 0.579. The summed E-state index contributed by atoms with van der Waals surface area (Å²) in [6, 6.07) is 7.89. The Morgan fingerprint density at radius 2 is 2.08 bits per heavy atom. The normalized spacial score (nSPS) is 18.8. The number of aromatic nitrogens is 4. The SMILES string of the molecule is CC(Sc1nnnn1CC1CCCO1)C(=O)c1ccc(C(C)(C)C)cc1. The monoisotopic (exact) mass is 374 g/mol. The quantitative estimate of drug-likeness (QED) is 0.569. The predicted molar refractivity (Wildman–Crippen MR) is 102 cm³/mol. The molecule has 0 aliphatic carbocycles. The van der Waals surface area contributed by atoms with Crippen LogP contribution in [0.4, 0.5) is 0 Å². The first-order valence-corrected chi connectivity index (χ1v) is 9.92. The van der Waals surface area contributed by atoms with Gasteiger partial charge in [0.25, 0.3) is 0 Å². The van der Waals surface area contributed by atoms with Gasteiger partial charge in [0, 0.05) is 12.2 Å². The van der Waals surface area contributed by atoms with Crippen molar-refractivity contribution in [3.63, 3.8) is 0 Å². The highest BCUT2D eigenvalue weighted by Gasteiger charge is 2.23. The second-order valence-corrected chi connectivity index (χ2v) is 9.04. The lowest BCUT2D eigenvalue weighted by Gasteiger charge is -2.19. The lowest BCUT2D eigenvalue weighted by Crippen LogP contribution is -2.19. The van der Waals surface area contributed by atoms with Crippen molar-refractivity contribution in [2.45, 2.75) is 69.0 Å². The van der Waals surface area contributed by atoms with Crippen LogP contribution in [-0.4, -0.2) is 44.0 Å². The summed E-state index contributed by atoms with van der Waals surface area (Å²) in [4.78, 5) is 12.8. The van der Waals surface area contributed by atoms with E-state index in [1.54, 1.807) is 4.68 Å². The van der Waals surface area contributed by atoms with E-state index in [1.165, 1.54) is 17.3 Å². The molecule has 140 valence electrons. The molecule has 1 aromatic carbocycles. The van der Waals surface area contributed by atoms with Crippen molar-refractivity contribution in [1.29, 1.82) is 0 Å². The van der Waals surface area contributed by atoms with E-state index < -0.39 is 0 Å². The van der Waals surface area contributed by atoms with E-state index in [0.717, 1.165) is 25.0 Å². The van der Waals surface area contributed by atoms with Crippen LogP contribution in [0.15, 0.2) is 29.4 Å². The van der Waals surface area contributed by atoms with Crippen molar-refractivity contribution in [3.8, 4) is 0 Å². The molecule has 0 amide bonds. The summed E-state index contributed by atoms with van der Waals surface area (Å²) < 4.78 is 7.39. The molecule has 0 radical (unpaired) electrons. The van der Waals surface area contributed by atoms with Crippen LogP contribution in [0.2, 0.25) is 0 Å². The molecule has 0 saturated carbocycles. The van der Waals surface area contributed by atoms with Crippen molar-refractivity contribution >= 4 is 17.5 Å². The van der Waals surface area contributed by atoms with Crippen LogP contribution in [0.3, 0.4) is 0 Å². The van der Waals surface area contributed by atoms with Crippen LogP contribution in [0, 0.1) is 0 Å². The predicted octanol–water partition coefficient (Wildman–Crippen LogP) is 3.51. The van der Waals surface area contributed by atoms with E-state index in [2.05, 4.69) is 36.3 Å². The number of rotatable bonds is 6. The topological polar surface area (TPSA) is 69.9 Å². The number of nitrogens with zero attached hydrogens (tertiary/aromatic N) is 4. The fourth-order valence-electron chi connectivity index (χ4n) is 2.96. The summed E-state index contributed by atoms with van der Waals surface area (Å²) in [6.45, 7) is 9.82. The molecule has 2 atom stereocenters. The molecule has 6 nitrogen and oxygen atoms in total. The zero-order valence-electron chi connectivity index (χ0n) is 15.8. The lowest BCUT2D eigenvalue weighted by atomic mass is 9.86. The molecule has 0 N–H and O–H groups in total. The number of ketones is 1. The molecular weight excluding hydrogens is 348 g/mol. The Hall–Kier alpha value is -1.73. The first-order chi connectivity index (χ1) is 12.3. The van der Waals surface area contributed by atoms with E-state index in [1.807, 2.05) is 31.2 Å². The summed E-state index contributed by atoms with van der Waals surface area (Å²) in [5, 5.41) is 12.3. The van der Waals surface area contributed by atoms with Gasteiger partial charge < -0.3 is 4.74 Å². The van der Waals surface area contributed by atoms with Crippen LogP contribution in [0.25, 0.3) is 0 Å². The van der Waals surface area contributed by atoms with Crippen molar-refractivity contribution in [3.05, 3.63) is 35.4 Å². The van der Waals surface area contributed by atoms with Crippen molar-refractivity contribution in [2.24, 2.45) is 0 Å². The Bertz CT molecular complexity index is 746. The Morgan fingerprint density at radius 3 is 2.69 bits per heavy atom. The highest BCUT2D eigenvalue weighted by Crippen LogP contribution is 2.26. The van der Waals surface area contributed by atoms with Gasteiger partial charge >= 0.3 is 0 Å². The number of hydrogen-bond acceptors (Lipinski definition) is 6. The standard InChI is InChI=1S/C19H26N4O2S/c1-13(17(24)14-7-9-15(10-8-14)19(2,3)4)26-18-20-21-22-23(18)12-16-6-5-11-25-16/h7-10,13,16H,5-6,11-12H2,1-4H3. The lowest BCUT2D eigenvalue weighted by molar-refractivity contribution is 0.0911. The van der Waals surface area contributed by atoms with Crippen LogP contribution in [-0.2, 0) is 16.7 Å². The molecule has 2 unspecified atom stereocenters. The van der Waals surface area contributed by atoms with Gasteiger partial charge in [-0.1, -0.05) is 56.8 Å². The highest BCUT2D eigenvalue weighted by atomic mass is 32.2. The van der Waals surface area contributed by atoms with Crippen LogP contribution >= 0.6 is 11.8 Å². The number of carbonyl (C=O) groups is 1. The van der Waals surface area contributed by atoms with E-state index in [9.17, 15) is 4.79 Å². The van der Waals surface area contributed by atoms with Gasteiger partial charge in [-0.05, 0) is 41.2 Å². The third-order valence-corrected chi connectivity index (χ3v) is 5.66. The van der Waals surface area contributed by atoms with E-state index >= 15 is 0 Å². The zero-order valence-corrected chi connectivity index (χ0v) is 16.6. The first-order valence-electron chi connectivity index (χ1n) is 9.04. The van der Waals surface area contributed by atoms with Gasteiger partial charge in [-0.15, -0.1) is 5.10 Å².